The molecule has 0 aromatic carbocycles. The van der Waals surface area contributed by atoms with E-state index in [0.717, 1.165) is 23.3 Å². The molecule has 0 saturated heterocycles. The standard InChI is InChI=1S/C11H12N2O/c12-6-9-2-1-3-10(5-4-9)11-7-13-8-14-11/h2-5,7-8H,1,6,12H2. The number of nitrogens with two attached hydrogens (primary N) is 1. The fraction of sp³-hybridized carbons (Fsp3) is 0.182. The van der Waals surface area contributed by atoms with Gasteiger partial charge >= 0.3 is 0 Å². The minimum absolute atomic E-state index is 0.577. The Morgan fingerprint density at radius 1 is 1.36 bits per heavy atom. The molecule has 0 aliphatic heterocycles. The van der Waals surface area contributed by atoms with Gasteiger partial charge in [-0.2, -0.15) is 0 Å². The molecule has 1 aliphatic carbocycles. The number of nitrogens with zero attached hydrogens (tertiary/aromatic N) is 1. The molecule has 1 aromatic heterocycles. The predicted octanol–water partition coefficient (Wildman–Crippen LogP) is 1.90. The van der Waals surface area contributed by atoms with Crippen LogP contribution in [0.15, 0.2) is 46.9 Å². The van der Waals surface area contributed by atoms with Crippen molar-refractivity contribution in [3.8, 4) is 0 Å². The zero-order chi connectivity index (χ0) is 9.80. The third-order valence-electron chi connectivity index (χ3n) is 2.15. The van der Waals surface area contributed by atoms with Crippen LogP contribution in [0, 0.1) is 0 Å². The van der Waals surface area contributed by atoms with Gasteiger partial charge in [0.1, 0.15) is 0 Å². The fourth-order valence-corrected chi connectivity index (χ4v) is 1.36. The van der Waals surface area contributed by atoms with Gasteiger partial charge in [-0.05, 0) is 12.0 Å². The number of aromatic nitrogens is 1. The minimum Gasteiger partial charge on any atom is -0.444 e. The van der Waals surface area contributed by atoms with Crippen molar-refractivity contribution in [1.29, 1.82) is 0 Å². The van der Waals surface area contributed by atoms with E-state index in [4.69, 9.17) is 10.2 Å². The summed E-state index contributed by atoms with van der Waals surface area (Å²) in [5.74, 6) is 0.799. The normalized spacial score (nSPS) is 16.1. The Morgan fingerprint density at radius 3 is 3.00 bits per heavy atom. The van der Waals surface area contributed by atoms with E-state index in [1.165, 1.54) is 6.39 Å². The Kier molecular flexibility index (Phi) is 2.60. The first kappa shape index (κ1) is 8.97. The van der Waals surface area contributed by atoms with Crippen LogP contribution in [0.5, 0.6) is 0 Å². The lowest BCUT2D eigenvalue weighted by Gasteiger charge is -1.93. The van der Waals surface area contributed by atoms with Crippen molar-refractivity contribution in [3.63, 3.8) is 0 Å². The summed E-state index contributed by atoms with van der Waals surface area (Å²) in [5.41, 5.74) is 7.76. The van der Waals surface area contributed by atoms with Crippen LogP contribution >= 0.6 is 0 Å². The fourth-order valence-electron chi connectivity index (χ4n) is 1.36. The van der Waals surface area contributed by atoms with Gasteiger partial charge in [-0.15, -0.1) is 0 Å². The molecule has 1 aliphatic rings. The third-order valence-corrected chi connectivity index (χ3v) is 2.15. The van der Waals surface area contributed by atoms with Crippen LogP contribution in [0.1, 0.15) is 12.2 Å². The number of hydrogen-bond acceptors (Lipinski definition) is 3. The second kappa shape index (κ2) is 4.07. The second-order valence-electron chi connectivity index (χ2n) is 3.08. The zero-order valence-corrected chi connectivity index (χ0v) is 7.81. The quantitative estimate of drug-likeness (QED) is 0.771. The average molecular weight is 188 g/mol. The van der Waals surface area contributed by atoms with Gasteiger partial charge in [0.25, 0.3) is 0 Å². The number of allylic oxidation sites excluding steroid dienone is 4. The van der Waals surface area contributed by atoms with Crippen molar-refractivity contribution < 1.29 is 4.42 Å². The summed E-state index contributed by atoms with van der Waals surface area (Å²) in [7, 11) is 0. The summed E-state index contributed by atoms with van der Waals surface area (Å²) in [6, 6.07) is 0. The van der Waals surface area contributed by atoms with Crippen LogP contribution in [0.4, 0.5) is 0 Å². The summed E-state index contributed by atoms with van der Waals surface area (Å²) in [6.07, 6.45) is 12.3. The van der Waals surface area contributed by atoms with Crippen molar-refractivity contribution in [3.05, 3.63) is 48.2 Å². The molecule has 14 heavy (non-hydrogen) atoms. The molecule has 0 fully saturated rings. The van der Waals surface area contributed by atoms with E-state index in [0.29, 0.717) is 6.54 Å². The van der Waals surface area contributed by atoms with Crippen molar-refractivity contribution in [1.82, 2.24) is 4.98 Å². The number of oxazole rings is 1. The summed E-state index contributed by atoms with van der Waals surface area (Å²) in [5, 5.41) is 0. The molecule has 3 nitrogen and oxygen atoms in total. The average Bonchev–Trinajstić information content (AvgIpc) is 2.63. The molecular weight excluding hydrogens is 176 g/mol. The van der Waals surface area contributed by atoms with Gasteiger partial charge in [0, 0.05) is 12.1 Å². The van der Waals surface area contributed by atoms with E-state index in [2.05, 4.69) is 17.1 Å². The monoisotopic (exact) mass is 188 g/mol. The van der Waals surface area contributed by atoms with Crippen LogP contribution in [-0.4, -0.2) is 11.5 Å². The van der Waals surface area contributed by atoms with Crippen LogP contribution in [0.3, 0.4) is 0 Å². The highest BCUT2D eigenvalue weighted by atomic mass is 16.3. The Bertz CT molecular complexity index is 385. The molecule has 2 N–H and O–H groups in total. The van der Waals surface area contributed by atoms with Crippen molar-refractivity contribution >= 4 is 5.57 Å². The molecule has 0 bridgehead atoms. The minimum atomic E-state index is 0.577. The van der Waals surface area contributed by atoms with Crippen molar-refractivity contribution in [2.24, 2.45) is 5.73 Å². The maximum atomic E-state index is 5.56. The molecule has 2 rings (SSSR count). The SMILES string of the molecule is NCC1=CCC=C(c2cnco2)C=C1. The van der Waals surface area contributed by atoms with Gasteiger partial charge in [-0.1, -0.05) is 24.3 Å². The molecule has 0 unspecified atom stereocenters. The highest BCUT2D eigenvalue weighted by Crippen LogP contribution is 2.19. The summed E-state index contributed by atoms with van der Waals surface area (Å²) >= 11 is 0. The highest BCUT2D eigenvalue weighted by molar-refractivity contribution is 5.71. The van der Waals surface area contributed by atoms with Crippen LogP contribution in [-0.2, 0) is 0 Å². The van der Waals surface area contributed by atoms with Crippen LogP contribution in [0.2, 0.25) is 0 Å². The first-order chi connectivity index (χ1) is 6.90. The Morgan fingerprint density at radius 2 is 2.29 bits per heavy atom. The van der Waals surface area contributed by atoms with E-state index < -0.39 is 0 Å². The van der Waals surface area contributed by atoms with Gasteiger partial charge in [-0.3, -0.25) is 0 Å². The Hall–Kier alpha value is -1.61. The topological polar surface area (TPSA) is 52.0 Å². The number of rotatable bonds is 2. The third kappa shape index (κ3) is 1.83. The first-order valence-electron chi connectivity index (χ1n) is 4.56. The lowest BCUT2D eigenvalue weighted by Crippen LogP contribution is -2.00. The van der Waals surface area contributed by atoms with Crippen LogP contribution < -0.4 is 5.73 Å². The van der Waals surface area contributed by atoms with Gasteiger partial charge < -0.3 is 10.2 Å². The summed E-state index contributed by atoms with van der Waals surface area (Å²) < 4.78 is 5.21. The summed E-state index contributed by atoms with van der Waals surface area (Å²) in [4.78, 5) is 3.88. The van der Waals surface area contributed by atoms with Crippen LogP contribution in [0.25, 0.3) is 5.57 Å². The molecule has 0 spiro atoms. The molecule has 0 radical (unpaired) electrons. The van der Waals surface area contributed by atoms with E-state index >= 15 is 0 Å². The maximum absolute atomic E-state index is 5.56. The van der Waals surface area contributed by atoms with Crippen molar-refractivity contribution in [2.45, 2.75) is 6.42 Å². The van der Waals surface area contributed by atoms with Crippen molar-refractivity contribution in [2.75, 3.05) is 6.54 Å². The molecule has 0 saturated carbocycles. The highest BCUT2D eigenvalue weighted by Gasteiger charge is 2.03. The molecule has 0 amide bonds. The second-order valence-corrected chi connectivity index (χ2v) is 3.08. The number of hydrogen-bond donors (Lipinski definition) is 1. The molecule has 1 heterocycles. The largest absolute Gasteiger partial charge is 0.444 e. The van der Waals surface area contributed by atoms with Gasteiger partial charge in [-0.25, -0.2) is 4.98 Å². The van der Waals surface area contributed by atoms with Gasteiger partial charge in [0.15, 0.2) is 12.2 Å². The predicted molar refractivity (Wildman–Crippen MR) is 55.4 cm³/mol. The molecule has 1 aromatic rings. The Labute approximate surface area is 82.6 Å². The maximum Gasteiger partial charge on any atom is 0.181 e. The molecule has 72 valence electrons. The molecule has 0 atom stereocenters. The van der Waals surface area contributed by atoms with E-state index in [-0.39, 0.29) is 0 Å². The van der Waals surface area contributed by atoms with E-state index in [1.807, 2.05) is 12.2 Å². The lowest BCUT2D eigenvalue weighted by atomic mass is 10.2. The Balaban J connectivity index is 2.22. The lowest BCUT2D eigenvalue weighted by molar-refractivity contribution is 0.545. The molecular formula is C11H12N2O. The summed E-state index contributed by atoms with van der Waals surface area (Å²) in [6.45, 7) is 0.577. The van der Waals surface area contributed by atoms with E-state index in [1.54, 1.807) is 6.20 Å². The zero-order valence-electron chi connectivity index (χ0n) is 7.81. The van der Waals surface area contributed by atoms with Gasteiger partial charge in [0.2, 0.25) is 0 Å². The first-order valence-corrected chi connectivity index (χ1v) is 4.56. The van der Waals surface area contributed by atoms with Gasteiger partial charge in [0.05, 0.1) is 6.20 Å². The molecule has 3 heteroatoms. The van der Waals surface area contributed by atoms with E-state index in [9.17, 15) is 0 Å². The smallest absolute Gasteiger partial charge is 0.181 e.